The van der Waals surface area contributed by atoms with Crippen molar-refractivity contribution >= 4 is 19.0 Å². The van der Waals surface area contributed by atoms with Crippen molar-refractivity contribution in [1.82, 2.24) is 4.98 Å². The molecule has 2 heterocycles. The summed E-state index contributed by atoms with van der Waals surface area (Å²) in [5, 5.41) is 0. The third-order valence-corrected chi connectivity index (χ3v) is 4.04. The number of nitrogens with one attached hydrogen (secondary N) is 1. The predicted octanol–water partition coefficient (Wildman–Crippen LogP) is 1.34. The second-order valence-electron chi connectivity index (χ2n) is 6.10. The highest BCUT2D eigenvalue weighted by molar-refractivity contribution is 6.55. The van der Waals surface area contributed by atoms with Crippen molar-refractivity contribution in [3.05, 3.63) is 29.4 Å². The number of hydrogen-bond donors (Lipinski definition) is 3. The van der Waals surface area contributed by atoms with Gasteiger partial charge in [-0.25, -0.2) is 10.8 Å². The topological polar surface area (TPSA) is 95.4 Å². The summed E-state index contributed by atoms with van der Waals surface area (Å²) in [5.74, 6) is 5.96. The van der Waals surface area contributed by atoms with E-state index in [1.165, 1.54) is 0 Å². The van der Waals surface area contributed by atoms with Crippen molar-refractivity contribution in [3.8, 4) is 0 Å². The average Bonchev–Trinajstić information content (AvgIpc) is 2.65. The number of rotatable bonds is 4. The first-order valence-electron chi connectivity index (χ1n) is 6.99. The van der Waals surface area contributed by atoms with E-state index in [0.29, 0.717) is 12.4 Å². The fourth-order valence-electron chi connectivity index (χ4n) is 2.02. The third-order valence-electron chi connectivity index (χ3n) is 4.04. The number of hydrogen-bond acceptors (Lipinski definition) is 6. The fraction of sp³-hybridized carbons (Fsp3) is 0.500. The summed E-state index contributed by atoms with van der Waals surface area (Å²) >= 11 is 0. The van der Waals surface area contributed by atoms with Crippen LogP contribution in [0, 0.1) is 0 Å². The van der Waals surface area contributed by atoms with Gasteiger partial charge in [0.05, 0.1) is 16.9 Å². The molecule has 0 amide bonds. The van der Waals surface area contributed by atoms with Gasteiger partial charge in [-0.2, -0.15) is 0 Å². The SMILES string of the molecule is CC1(C)OB(C(=Cc2cccc(NN)n2)CN)OC1(C)C. The van der Waals surface area contributed by atoms with Gasteiger partial charge in [-0.15, -0.1) is 0 Å². The highest BCUT2D eigenvalue weighted by Gasteiger charge is 2.52. The molecule has 7 heteroatoms. The van der Waals surface area contributed by atoms with Crippen molar-refractivity contribution in [2.45, 2.75) is 38.9 Å². The number of aromatic nitrogens is 1. The number of hydrazine groups is 1. The lowest BCUT2D eigenvalue weighted by atomic mass is 9.77. The Hall–Kier alpha value is -1.41. The van der Waals surface area contributed by atoms with Crippen LogP contribution >= 0.6 is 0 Å². The van der Waals surface area contributed by atoms with Gasteiger partial charge >= 0.3 is 7.12 Å². The number of anilines is 1. The maximum absolute atomic E-state index is 6.01. The van der Waals surface area contributed by atoms with Gasteiger partial charge in [0, 0.05) is 6.54 Å². The van der Waals surface area contributed by atoms with E-state index in [4.69, 9.17) is 20.9 Å². The molecular formula is C14H23BN4O2. The van der Waals surface area contributed by atoms with Crippen molar-refractivity contribution < 1.29 is 9.31 Å². The summed E-state index contributed by atoms with van der Waals surface area (Å²) < 4.78 is 12.0. The van der Waals surface area contributed by atoms with Crippen molar-refractivity contribution in [2.24, 2.45) is 11.6 Å². The van der Waals surface area contributed by atoms with Gasteiger partial charge in [0.25, 0.3) is 0 Å². The largest absolute Gasteiger partial charge is 0.491 e. The molecule has 1 saturated heterocycles. The molecule has 0 unspecified atom stereocenters. The molecule has 5 N–H and O–H groups in total. The average molecular weight is 290 g/mol. The van der Waals surface area contributed by atoms with E-state index >= 15 is 0 Å². The zero-order valence-electron chi connectivity index (χ0n) is 13.0. The molecule has 1 aromatic heterocycles. The van der Waals surface area contributed by atoms with Crippen LogP contribution in [0.4, 0.5) is 5.82 Å². The Morgan fingerprint density at radius 1 is 1.29 bits per heavy atom. The molecule has 1 aliphatic heterocycles. The Morgan fingerprint density at radius 3 is 2.43 bits per heavy atom. The Kier molecular flexibility index (Phi) is 4.39. The molecular weight excluding hydrogens is 267 g/mol. The van der Waals surface area contributed by atoms with E-state index in [-0.39, 0.29) is 11.2 Å². The number of nitrogens with zero attached hydrogens (tertiary/aromatic N) is 1. The molecule has 0 saturated carbocycles. The van der Waals surface area contributed by atoms with Crippen LogP contribution < -0.4 is 17.0 Å². The molecule has 1 aromatic rings. The van der Waals surface area contributed by atoms with Crippen LogP contribution in [0.15, 0.2) is 23.7 Å². The van der Waals surface area contributed by atoms with Gasteiger partial charge in [0.15, 0.2) is 0 Å². The Bertz CT molecular complexity index is 530. The minimum absolute atomic E-state index is 0.332. The number of nitrogens with two attached hydrogens (primary N) is 2. The van der Waals surface area contributed by atoms with Crippen LogP contribution in [-0.4, -0.2) is 29.8 Å². The second kappa shape index (κ2) is 5.77. The van der Waals surface area contributed by atoms with E-state index in [1.807, 2.05) is 45.9 Å². The van der Waals surface area contributed by atoms with Crippen LogP contribution in [0.25, 0.3) is 6.08 Å². The summed E-state index contributed by atoms with van der Waals surface area (Å²) in [6, 6.07) is 5.53. The van der Waals surface area contributed by atoms with Crippen LogP contribution in [0.1, 0.15) is 33.4 Å². The maximum atomic E-state index is 6.01. The molecule has 0 aliphatic carbocycles. The Labute approximate surface area is 126 Å². The van der Waals surface area contributed by atoms with E-state index in [1.54, 1.807) is 6.07 Å². The van der Waals surface area contributed by atoms with Crippen molar-refractivity contribution in [3.63, 3.8) is 0 Å². The fourth-order valence-corrected chi connectivity index (χ4v) is 2.02. The minimum Gasteiger partial charge on any atom is -0.400 e. The molecule has 0 spiro atoms. The van der Waals surface area contributed by atoms with Gasteiger partial charge in [-0.3, -0.25) is 0 Å². The molecule has 1 aliphatic rings. The lowest BCUT2D eigenvalue weighted by molar-refractivity contribution is 0.00578. The molecule has 21 heavy (non-hydrogen) atoms. The maximum Gasteiger partial charge on any atom is 0.491 e. The number of pyridine rings is 1. The summed E-state index contributed by atoms with van der Waals surface area (Å²) in [4.78, 5) is 4.34. The third kappa shape index (κ3) is 3.27. The zero-order valence-corrected chi connectivity index (χ0v) is 13.0. The highest BCUT2D eigenvalue weighted by atomic mass is 16.7. The van der Waals surface area contributed by atoms with Gasteiger partial charge in [0.2, 0.25) is 0 Å². The van der Waals surface area contributed by atoms with Crippen LogP contribution in [0.5, 0.6) is 0 Å². The quantitative estimate of drug-likeness (QED) is 0.440. The van der Waals surface area contributed by atoms with Crippen LogP contribution in [0.3, 0.4) is 0 Å². The second-order valence-corrected chi connectivity index (χ2v) is 6.10. The van der Waals surface area contributed by atoms with Crippen molar-refractivity contribution in [2.75, 3.05) is 12.0 Å². The van der Waals surface area contributed by atoms with Crippen LogP contribution in [-0.2, 0) is 9.31 Å². The molecule has 114 valence electrons. The van der Waals surface area contributed by atoms with Crippen molar-refractivity contribution in [1.29, 1.82) is 0 Å². The molecule has 2 rings (SSSR count). The summed E-state index contributed by atoms with van der Waals surface area (Å²) in [6.07, 6.45) is 1.88. The summed E-state index contributed by atoms with van der Waals surface area (Å²) in [7, 11) is -0.462. The Balaban J connectivity index is 2.26. The molecule has 0 atom stereocenters. The van der Waals surface area contributed by atoms with Gasteiger partial charge < -0.3 is 20.5 Å². The van der Waals surface area contributed by atoms with Gasteiger partial charge in [-0.1, -0.05) is 6.07 Å². The normalized spacial score (nSPS) is 20.7. The molecule has 0 bridgehead atoms. The molecule has 1 fully saturated rings. The van der Waals surface area contributed by atoms with E-state index in [9.17, 15) is 0 Å². The standard InChI is InChI=1S/C14H23BN4O2/c1-13(2)14(3,4)21-15(20-13)10(9-16)8-11-6-5-7-12(18-11)19-17/h5-8H,9,16-17H2,1-4H3,(H,18,19). The first-order chi connectivity index (χ1) is 9.79. The first kappa shape index (κ1) is 16.0. The van der Waals surface area contributed by atoms with Gasteiger partial charge in [-0.05, 0) is 51.4 Å². The lowest BCUT2D eigenvalue weighted by Gasteiger charge is -2.32. The Morgan fingerprint density at radius 2 is 1.90 bits per heavy atom. The van der Waals surface area contributed by atoms with E-state index in [2.05, 4.69) is 10.4 Å². The van der Waals surface area contributed by atoms with E-state index in [0.717, 1.165) is 11.2 Å². The van der Waals surface area contributed by atoms with Crippen LogP contribution in [0.2, 0.25) is 0 Å². The summed E-state index contributed by atoms with van der Waals surface area (Å²) in [6.45, 7) is 8.38. The number of nitrogen functional groups attached to an aromatic ring is 1. The monoisotopic (exact) mass is 290 g/mol. The smallest absolute Gasteiger partial charge is 0.400 e. The highest BCUT2D eigenvalue weighted by Crippen LogP contribution is 2.38. The molecule has 0 radical (unpaired) electrons. The summed E-state index contributed by atoms with van der Waals surface area (Å²) in [5.41, 5.74) is 9.19. The molecule has 6 nitrogen and oxygen atoms in total. The van der Waals surface area contributed by atoms with Gasteiger partial charge in [0.1, 0.15) is 5.82 Å². The van der Waals surface area contributed by atoms with E-state index < -0.39 is 7.12 Å². The molecule has 0 aromatic carbocycles. The lowest BCUT2D eigenvalue weighted by Crippen LogP contribution is -2.41. The zero-order chi connectivity index (χ0) is 15.7. The first-order valence-corrected chi connectivity index (χ1v) is 6.99. The predicted molar refractivity (Wildman–Crippen MR) is 85.2 cm³/mol. The minimum atomic E-state index is -0.462.